The standard InChI is InChI=1S/C34H41N5O4/c1-24-12-14-28-20-27(24)22-36-33(41)29(15-13-25-8-3-2-4-9-25)38-34(42)30(37-31-11-5-6-17-35-31)21-32(40)39-18-7-10-26(23-39)16-19-43-28/h2-6,8-9,11-12,14,17,20,26,29-30H,7,10,13,15-16,18-19,21-23H2,1H3,(H,35,37)(H,36,41)(H,38,42)/t26?,29-,30-/m0/s1. The third kappa shape index (κ3) is 8.56. The summed E-state index contributed by atoms with van der Waals surface area (Å²) in [6.45, 7) is 4.17. The van der Waals surface area contributed by atoms with Crippen molar-refractivity contribution < 1.29 is 19.1 Å². The van der Waals surface area contributed by atoms with Crippen LogP contribution in [-0.4, -0.2) is 59.4 Å². The Bertz CT molecular complexity index is 1380. The summed E-state index contributed by atoms with van der Waals surface area (Å²) >= 11 is 0. The number of ether oxygens (including phenoxy) is 1. The van der Waals surface area contributed by atoms with Gasteiger partial charge in [0.2, 0.25) is 17.7 Å². The van der Waals surface area contributed by atoms with E-state index in [9.17, 15) is 14.4 Å². The largest absolute Gasteiger partial charge is 0.494 e. The van der Waals surface area contributed by atoms with Gasteiger partial charge in [-0.15, -0.1) is 0 Å². The van der Waals surface area contributed by atoms with Gasteiger partial charge in [-0.05, 0) is 85.9 Å². The quantitative estimate of drug-likeness (QED) is 0.419. The van der Waals surface area contributed by atoms with E-state index in [1.165, 1.54) is 0 Å². The van der Waals surface area contributed by atoms with Crippen LogP contribution in [0.1, 0.15) is 48.8 Å². The first kappa shape index (κ1) is 30.1. The van der Waals surface area contributed by atoms with Crippen LogP contribution in [0.25, 0.3) is 0 Å². The fraction of sp³-hybridized carbons (Fsp3) is 0.412. The van der Waals surface area contributed by atoms with E-state index in [1.807, 2.05) is 66.4 Å². The number of amides is 3. The molecule has 1 unspecified atom stereocenters. The Balaban J connectivity index is 1.41. The maximum absolute atomic E-state index is 13.8. The Morgan fingerprint density at radius 3 is 2.65 bits per heavy atom. The lowest BCUT2D eigenvalue weighted by atomic mass is 9.94. The molecule has 0 saturated carbocycles. The molecule has 1 aromatic heterocycles. The molecule has 0 aliphatic carbocycles. The van der Waals surface area contributed by atoms with Crippen molar-refractivity contribution in [2.24, 2.45) is 5.92 Å². The number of hydrogen-bond acceptors (Lipinski definition) is 6. The molecule has 9 heteroatoms. The lowest BCUT2D eigenvalue weighted by molar-refractivity contribution is -0.136. The van der Waals surface area contributed by atoms with Crippen LogP contribution >= 0.6 is 0 Å². The molecule has 3 aromatic rings. The van der Waals surface area contributed by atoms with E-state index in [1.54, 1.807) is 18.3 Å². The molecule has 5 rings (SSSR count). The van der Waals surface area contributed by atoms with E-state index in [-0.39, 0.29) is 18.2 Å². The molecule has 226 valence electrons. The van der Waals surface area contributed by atoms with Gasteiger partial charge in [0.25, 0.3) is 0 Å². The Morgan fingerprint density at radius 2 is 1.84 bits per heavy atom. The molecule has 1 fully saturated rings. The maximum Gasteiger partial charge on any atom is 0.243 e. The zero-order valence-corrected chi connectivity index (χ0v) is 24.8. The smallest absolute Gasteiger partial charge is 0.243 e. The highest BCUT2D eigenvalue weighted by Crippen LogP contribution is 2.23. The number of piperidine rings is 1. The topological polar surface area (TPSA) is 113 Å². The van der Waals surface area contributed by atoms with Crippen molar-refractivity contribution in [3.05, 3.63) is 89.6 Å². The van der Waals surface area contributed by atoms with Gasteiger partial charge in [0.05, 0.1) is 13.0 Å². The molecule has 2 aromatic carbocycles. The second kappa shape index (κ2) is 14.7. The molecule has 4 bridgehead atoms. The highest BCUT2D eigenvalue weighted by Gasteiger charge is 2.31. The van der Waals surface area contributed by atoms with Gasteiger partial charge in [-0.25, -0.2) is 4.98 Å². The number of nitrogens with zero attached hydrogens (tertiary/aromatic N) is 2. The second-order valence-electron chi connectivity index (χ2n) is 11.5. The van der Waals surface area contributed by atoms with E-state index in [2.05, 4.69) is 20.9 Å². The summed E-state index contributed by atoms with van der Waals surface area (Å²) in [6, 6.07) is 19.5. The van der Waals surface area contributed by atoms with Crippen molar-refractivity contribution in [2.45, 2.75) is 64.1 Å². The molecule has 3 heterocycles. The summed E-state index contributed by atoms with van der Waals surface area (Å²) in [5.41, 5.74) is 3.08. The minimum absolute atomic E-state index is 0.0393. The zero-order valence-electron chi connectivity index (χ0n) is 24.8. The second-order valence-corrected chi connectivity index (χ2v) is 11.5. The monoisotopic (exact) mass is 583 g/mol. The summed E-state index contributed by atoms with van der Waals surface area (Å²) in [5.74, 6) is 0.804. The van der Waals surface area contributed by atoms with E-state index in [4.69, 9.17) is 4.74 Å². The normalized spacial score (nSPS) is 21.9. The molecule has 2 aliphatic rings. The van der Waals surface area contributed by atoms with Crippen LogP contribution in [0, 0.1) is 12.8 Å². The van der Waals surface area contributed by atoms with Crippen LogP contribution in [-0.2, 0) is 27.3 Å². The molecule has 9 nitrogen and oxygen atoms in total. The summed E-state index contributed by atoms with van der Waals surface area (Å²) < 4.78 is 6.11. The number of fused-ring (bicyclic) bond motifs is 4. The van der Waals surface area contributed by atoms with E-state index >= 15 is 0 Å². The number of hydrogen-bond donors (Lipinski definition) is 3. The molecule has 3 atom stereocenters. The van der Waals surface area contributed by atoms with E-state index in [0.717, 1.165) is 41.7 Å². The van der Waals surface area contributed by atoms with Crippen LogP contribution in [0.3, 0.4) is 0 Å². The van der Waals surface area contributed by atoms with Crippen molar-refractivity contribution in [3.63, 3.8) is 0 Å². The molecular formula is C34H41N5O4. The summed E-state index contributed by atoms with van der Waals surface area (Å²) in [4.78, 5) is 47.1. The number of aryl methyl sites for hydroxylation is 2. The number of carbonyl (C=O) groups is 3. The number of anilines is 1. The van der Waals surface area contributed by atoms with E-state index < -0.39 is 18.0 Å². The molecule has 2 aliphatic heterocycles. The van der Waals surface area contributed by atoms with Crippen molar-refractivity contribution >= 4 is 23.5 Å². The highest BCUT2D eigenvalue weighted by molar-refractivity contribution is 5.94. The molecular weight excluding hydrogens is 542 g/mol. The van der Waals surface area contributed by atoms with Crippen molar-refractivity contribution in [1.29, 1.82) is 0 Å². The highest BCUT2D eigenvalue weighted by atomic mass is 16.5. The molecule has 0 radical (unpaired) electrons. The molecule has 1 saturated heterocycles. The maximum atomic E-state index is 13.8. The van der Waals surface area contributed by atoms with Gasteiger partial charge in [0.1, 0.15) is 23.7 Å². The van der Waals surface area contributed by atoms with Gasteiger partial charge in [0.15, 0.2) is 0 Å². The predicted octanol–water partition coefficient (Wildman–Crippen LogP) is 4.02. The zero-order chi connectivity index (χ0) is 30.0. The summed E-state index contributed by atoms with van der Waals surface area (Å²) in [7, 11) is 0. The number of carbonyl (C=O) groups excluding carboxylic acids is 3. The summed E-state index contributed by atoms with van der Waals surface area (Å²) in [5, 5.41) is 9.16. The Labute approximate surface area is 253 Å². The first-order chi connectivity index (χ1) is 20.9. The minimum Gasteiger partial charge on any atom is -0.494 e. The molecule has 0 spiro atoms. The van der Waals surface area contributed by atoms with Crippen LogP contribution < -0.4 is 20.7 Å². The van der Waals surface area contributed by atoms with Crippen molar-refractivity contribution in [1.82, 2.24) is 20.5 Å². The van der Waals surface area contributed by atoms with Gasteiger partial charge in [0, 0.05) is 25.8 Å². The lowest BCUT2D eigenvalue weighted by Gasteiger charge is -2.34. The van der Waals surface area contributed by atoms with Crippen LogP contribution in [0.5, 0.6) is 5.75 Å². The van der Waals surface area contributed by atoms with Crippen LogP contribution in [0.2, 0.25) is 0 Å². The minimum atomic E-state index is -0.893. The number of aromatic nitrogens is 1. The molecule has 3 amide bonds. The SMILES string of the molecule is Cc1ccc2cc1CNC(=O)[C@H](CCc1ccccc1)NC(=O)[C@@H](Nc1ccccn1)CC(=O)N1CCCC(CCO2)C1. The number of pyridine rings is 1. The third-order valence-corrected chi connectivity index (χ3v) is 8.32. The van der Waals surface area contributed by atoms with Crippen LogP contribution in [0.4, 0.5) is 5.82 Å². The Hall–Kier alpha value is -4.40. The van der Waals surface area contributed by atoms with Gasteiger partial charge in [-0.3, -0.25) is 14.4 Å². The first-order valence-corrected chi connectivity index (χ1v) is 15.2. The van der Waals surface area contributed by atoms with Gasteiger partial charge < -0.3 is 25.6 Å². The first-order valence-electron chi connectivity index (χ1n) is 15.2. The average Bonchev–Trinajstić information content (AvgIpc) is 3.03. The number of rotatable bonds is 5. The van der Waals surface area contributed by atoms with Gasteiger partial charge >= 0.3 is 0 Å². The lowest BCUT2D eigenvalue weighted by Crippen LogP contribution is -2.52. The van der Waals surface area contributed by atoms with Crippen molar-refractivity contribution in [2.75, 3.05) is 25.0 Å². The Morgan fingerprint density at radius 1 is 1.00 bits per heavy atom. The fourth-order valence-corrected chi connectivity index (χ4v) is 5.74. The van der Waals surface area contributed by atoms with Gasteiger partial charge in [-0.2, -0.15) is 0 Å². The number of nitrogens with one attached hydrogen (secondary N) is 3. The molecule has 43 heavy (non-hydrogen) atoms. The third-order valence-electron chi connectivity index (χ3n) is 8.32. The average molecular weight is 584 g/mol. The predicted molar refractivity (Wildman–Crippen MR) is 165 cm³/mol. The van der Waals surface area contributed by atoms with Gasteiger partial charge in [-0.1, -0.05) is 42.5 Å². The fourth-order valence-electron chi connectivity index (χ4n) is 5.74. The summed E-state index contributed by atoms with van der Waals surface area (Å²) in [6.07, 6.45) is 5.39. The number of benzene rings is 2. The van der Waals surface area contributed by atoms with Crippen LogP contribution in [0.15, 0.2) is 72.9 Å². The Kier molecular flexibility index (Phi) is 10.3. The molecule has 3 N–H and O–H groups in total. The van der Waals surface area contributed by atoms with Crippen molar-refractivity contribution in [3.8, 4) is 5.75 Å². The van der Waals surface area contributed by atoms with E-state index in [0.29, 0.717) is 50.8 Å².